The molecule has 5 heteroatoms. The van der Waals surface area contributed by atoms with Crippen LogP contribution < -0.4 is 5.32 Å². The van der Waals surface area contributed by atoms with Crippen LogP contribution in [0.5, 0.6) is 0 Å². The lowest BCUT2D eigenvalue weighted by atomic mass is 10.1. The number of amides is 1. The molecule has 4 nitrogen and oxygen atoms in total. The van der Waals surface area contributed by atoms with Crippen molar-refractivity contribution in [1.29, 1.82) is 0 Å². The Morgan fingerprint density at radius 2 is 2.10 bits per heavy atom. The number of halogens is 1. The van der Waals surface area contributed by atoms with E-state index < -0.39 is 11.7 Å². The van der Waals surface area contributed by atoms with Crippen LogP contribution in [-0.4, -0.2) is 17.4 Å². The molecular weight excluding hydrogens is 271 g/mol. The first-order valence-electron chi connectivity index (χ1n) is 6.59. The van der Waals surface area contributed by atoms with Gasteiger partial charge < -0.3 is 9.73 Å². The molecule has 0 atom stereocenters. The molecule has 0 saturated carbocycles. The summed E-state index contributed by atoms with van der Waals surface area (Å²) in [5.41, 5.74) is 2.60. The number of nitrogens with one attached hydrogen (secondary N) is 1. The second-order valence-corrected chi connectivity index (χ2v) is 4.64. The van der Waals surface area contributed by atoms with Crippen molar-refractivity contribution < 1.29 is 13.6 Å². The molecule has 0 saturated heterocycles. The maximum Gasteiger partial charge on any atom is 0.254 e. The second-order valence-electron chi connectivity index (χ2n) is 4.64. The number of aromatic nitrogens is 1. The van der Waals surface area contributed by atoms with Gasteiger partial charge >= 0.3 is 0 Å². The van der Waals surface area contributed by atoms with Crippen molar-refractivity contribution in [1.82, 2.24) is 10.3 Å². The van der Waals surface area contributed by atoms with Crippen LogP contribution >= 0.6 is 0 Å². The van der Waals surface area contributed by atoms with Crippen LogP contribution in [0.1, 0.15) is 15.9 Å². The second kappa shape index (κ2) is 5.75. The van der Waals surface area contributed by atoms with Crippen molar-refractivity contribution >= 4 is 17.0 Å². The highest BCUT2D eigenvalue weighted by molar-refractivity contribution is 5.94. The van der Waals surface area contributed by atoms with Gasteiger partial charge in [0.1, 0.15) is 11.3 Å². The Hall–Kier alpha value is -2.69. The molecule has 3 rings (SSSR count). The first-order chi connectivity index (χ1) is 10.2. The summed E-state index contributed by atoms with van der Waals surface area (Å²) in [5.74, 6) is -0.924. The normalized spacial score (nSPS) is 10.7. The molecule has 0 fully saturated rings. The van der Waals surface area contributed by atoms with Gasteiger partial charge in [0.25, 0.3) is 5.91 Å². The Bertz CT molecular complexity index is 783. The molecule has 0 aliphatic rings. The highest BCUT2D eigenvalue weighted by Crippen LogP contribution is 2.14. The molecule has 1 aromatic heterocycles. The summed E-state index contributed by atoms with van der Waals surface area (Å²) in [7, 11) is 0. The molecule has 21 heavy (non-hydrogen) atoms. The summed E-state index contributed by atoms with van der Waals surface area (Å²) < 4.78 is 18.7. The maximum absolute atomic E-state index is 13.4. The third-order valence-corrected chi connectivity index (χ3v) is 3.21. The van der Waals surface area contributed by atoms with Crippen molar-refractivity contribution in [3.8, 4) is 0 Å². The van der Waals surface area contributed by atoms with Crippen LogP contribution in [0.15, 0.2) is 53.3 Å². The average Bonchev–Trinajstić information content (AvgIpc) is 2.95. The predicted molar refractivity (Wildman–Crippen MR) is 76.4 cm³/mol. The molecule has 106 valence electrons. The molecule has 1 N–H and O–H groups in total. The molecule has 1 amide bonds. The fourth-order valence-corrected chi connectivity index (χ4v) is 2.12. The molecule has 0 radical (unpaired) electrons. The standard InChI is InChI=1S/C16H13FN2O2/c17-13-4-2-1-3-12(13)16(20)18-8-7-11-5-6-14-15(9-11)21-10-19-14/h1-6,9-10H,7-8H2,(H,18,20). The quantitative estimate of drug-likeness (QED) is 0.801. The Morgan fingerprint density at radius 1 is 1.24 bits per heavy atom. The van der Waals surface area contributed by atoms with Crippen LogP contribution in [-0.2, 0) is 6.42 Å². The van der Waals surface area contributed by atoms with Gasteiger partial charge in [-0.25, -0.2) is 9.37 Å². The van der Waals surface area contributed by atoms with Crippen molar-refractivity contribution in [2.75, 3.05) is 6.54 Å². The zero-order valence-electron chi connectivity index (χ0n) is 11.2. The third kappa shape index (κ3) is 2.91. The van der Waals surface area contributed by atoms with Crippen molar-refractivity contribution in [3.63, 3.8) is 0 Å². The molecule has 3 aromatic rings. The van der Waals surface area contributed by atoms with E-state index in [1.54, 1.807) is 12.1 Å². The van der Waals surface area contributed by atoms with Crippen LogP contribution in [0.3, 0.4) is 0 Å². The number of oxazole rings is 1. The van der Waals surface area contributed by atoms with Crippen LogP contribution in [0.2, 0.25) is 0 Å². The number of nitrogens with zero attached hydrogens (tertiary/aromatic N) is 1. The lowest BCUT2D eigenvalue weighted by Gasteiger charge is -2.06. The highest BCUT2D eigenvalue weighted by atomic mass is 19.1. The molecule has 1 heterocycles. The fourth-order valence-electron chi connectivity index (χ4n) is 2.12. The van der Waals surface area contributed by atoms with Crippen molar-refractivity contribution in [2.45, 2.75) is 6.42 Å². The van der Waals surface area contributed by atoms with Crippen LogP contribution in [0.25, 0.3) is 11.1 Å². The molecule has 0 aliphatic heterocycles. The number of carbonyl (C=O) groups is 1. The van der Waals surface area contributed by atoms with E-state index in [2.05, 4.69) is 10.3 Å². The van der Waals surface area contributed by atoms with Gasteiger partial charge in [0, 0.05) is 6.54 Å². The summed E-state index contributed by atoms with van der Waals surface area (Å²) in [6, 6.07) is 11.6. The van der Waals surface area contributed by atoms with E-state index >= 15 is 0 Å². The van der Waals surface area contributed by atoms with Crippen LogP contribution in [0.4, 0.5) is 4.39 Å². The predicted octanol–water partition coefficient (Wildman–Crippen LogP) is 2.94. The largest absolute Gasteiger partial charge is 0.443 e. The molecular formula is C16H13FN2O2. The Balaban J connectivity index is 1.60. The fraction of sp³-hybridized carbons (Fsp3) is 0.125. The Labute approximate surface area is 120 Å². The summed E-state index contributed by atoms with van der Waals surface area (Å²) in [5, 5.41) is 2.70. The highest BCUT2D eigenvalue weighted by Gasteiger charge is 2.09. The topological polar surface area (TPSA) is 55.1 Å². The molecule has 0 aliphatic carbocycles. The number of carbonyl (C=O) groups excluding carboxylic acids is 1. The lowest BCUT2D eigenvalue weighted by Crippen LogP contribution is -2.26. The average molecular weight is 284 g/mol. The Morgan fingerprint density at radius 3 is 2.95 bits per heavy atom. The number of fused-ring (bicyclic) bond motifs is 1. The first kappa shape index (κ1) is 13.3. The first-order valence-corrected chi connectivity index (χ1v) is 6.59. The van der Waals surface area contributed by atoms with E-state index in [0.717, 1.165) is 11.1 Å². The monoisotopic (exact) mass is 284 g/mol. The maximum atomic E-state index is 13.4. The molecule has 0 bridgehead atoms. The zero-order valence-corrected chi connectivity index (χ0v) is 11.2. The summed E-state index contributed by atoms with van der Waals surface area (Å²) >= 11 is 0. The minimum Gasteiger partial charge on any atom is -0.443 e. The van der Waals surface area contributed by atoms with Crippen molar-refractivity contribution in [3.05, 3.63) is 65.8 Å². The van der Waals surface area contributed by atoms with Gasteiger partial charge in [-0.3, -0.25) is 4.79 Å². The van der Waals surface area contributed by atoms with E-state index in [-0.39, 0.29) is 5.56 Å². The molecule has 0 unspecified atom stereocenters. The van der Waals surface area contributed by atoms with Crippen LogP contribution in [0, 0.1) is 5.82 Å². The van der Waals surface area contributed by atoms with Gasteiger partial charge in [0.2, 0.25) is 0 Å². The number of rotatable bonds is 4. The van der Waals surface area contributed by atoms with Gasteiger partial charge in [-0.15, -0.1) is 0 Å². The minimum absolute atomic E-state index is 0.0585. The zero-order chi connectivity index (χ0) is 14.7. The Kier molecular flexibility index (Phi) is 3.64. The molecule has 2 aromatic carbocycles. The summed E-state index contributed by atoms with van der Waals surface area (Å²) in [6.07, 6.45) is 2.03. The summed E-state index contributed by atoms with van der Waals surface area (Å²) in [6.45, 7) is 0.423. The van der Waals surface area contributed by atoms with Gasteiger partial charge in [0.05, 0.1) is 5.56 Å². The lowest BCUT2D eigenvalue weighted by molar-refractivity contribution is 0.0950. The number of hydrogen-bond donors (Lipinski definition) is 1. The van der Waals surface area contributed by atoms with E-state index in [1.807, 2.05) is 18.2 Å². The van der Waals surface area contributed by atoms with E-state index in [4.69, 9.17) is 4.42 Å². The third-order valence-electron chi connectivity index (χ3n) is 3.21. The molecule has 0 spiro atoms. The van der Waals surface area contributed by atoms with Gasteiger partial charge in [-0.1, -0.05) is 18.2 Å². The van der Waals surface area contributed by atoms with Gasteiger partial charge in [0.15, 0.2) is 12.0 Å². The SMILES string of the molecule is O=C(NCCc1ccc2ncoc2c1)c1ccccc1F. The van der Waals surface area contributed by atoms with Gasteiger partial charge in [-0.2, -0.15) is 0 Å². The number of hydrogen-bond acceptors (Lipinski definition) is 3. The van der Waals surface area contributed by atoms with E-state index in [9.17, 15) is 9.18 Å². The van der Waals surface area contributed by atoms with Gasteiger partial charge in [-0.05, 0) is 36.2 Å². The number of benzene rings is 2. The van der Waals surface area contributed by atoms with Crippen molar-refractivity contribution in [2.24, 2.45) is 0 Å². The summed E-state index contributed by atoms with van der Waals surface area (Å²) in [4.78, 5) is 15.9. The minimum atomic E-state index is -0.516. The smallest absolute Gasteiger partial charge is 0.254 e. The van der Waals surface area contributed by atoms with E-state index in [1.165, 1.54) is 18.5 Å². The van der Waals surface area contributed by atoms with E-state index in [0.29, 0.717) is 18.5 Å².